The van der Waals surface area contributed by atoms with E-state index >= 15 is 0 Å². The summed E-state index contributed by atoms with van der Waals surface area (Å²) >= 11 is 0. The van der Waals surface area contributed by atoms with Gasteiger partial charge in [0.05, 0.1) is 5.92 Å². The fourth-order valence-electron chi connectivity index (χ4n) is 3.30. The van der Waals surface area contributed by atoms with Gasteiger partial charge in [-0.25, -0.2) is 0 Å². The number of nitrogens with two attached hydrogens (primary N) is 1. The van der Waals surface area contributed by atoms with Crippen molar-refractivity contribution in [3.8, 4) is 0 Å². The minimum absolute atomic E-state index is 0.0103. The highest BCUT2D eigenvalue weighted by molar-refractivity contribution is 5.78. The van der Waals surface area contributed by atoms with Gasteiger partial charge in [0, 0.05) is 13.1 Å². The summed E-state index contributed by atoms with van der Waals surface area (Å²) in [5.41, 5.74) is 6.19. The molecule has 1 rings (SSSR count). The van der Waals surface area contributed by atoms with Crippen molar-refractivity contribution in [1.29, 1.82) is 0 Å². The molecule has 19 heavy (non-hydrogen) atoms. The number of nitrogens with one attached hydrogen (secondary N) is 1. The lowest BCUT2D eigenvalue weighted by Crippen LogP contribution is -2.37. The summed E-state index contributed by atoms with van der Waals surface area (Å²) in [6.45, 7) is 10.2. The Morgan fingerprint density at radius 1 is 1.26 bits per heavy atom. The van der Waals surface area contributed by atoms with E-state index in [4.69, 9.17) is 5.73 Å². The third-order valence-electron chi connectivity index (χ3n) is 4.70. The summed E-state index contributed by atoms with van der Waals surface area (Å²) in [7, 11) is 0. The van der Waals surface area contributed by atoms with E-state index in [0.29, 0.717) is 24.4 Å². The summed E-state index contributed by atoms with van der Waals surface area (Å²) in [5, 5.41) is 2.90. The molecule has 1 unspecified atom stereocenters. The average Bonchev–Trinajstić information content (AvgIpc) is 2.35. The average molecular weight is 268 g/mol. The topological polar surface area (TPSA) is 55.1 Å². The molecule has 0 aromatic rings. The number of rotatable bonds is 5. The van der Waals surface area contributed by atoms with E-state index in [-0.39, 0.29) is 11.8 Å². The third-order valence-corrected chi connectivity index (χ3v) is 4.70. The van der Waals surface area contributed by atoms with Crippen LogP contribution in [0, 0.1) is 23.2 Å². The predicted octanol–water partition coefficient (Wildman–Crippen LogP) is 2.94. The number of amides is 1. The molecule has 0 radical (unpaired) electrons. The molecule has 1 aliphatic rings. The Morgan fingerprint density at radius 2 is 1.84 bits per heavy atom. The zero-order valence-corrected chi connectivity index (χ0v) is 13.2. The van der Waals surface area contributed by atoms with E-state index in [2.05, 4.69) is 26.1 Å². The second-order valence-electron chi connectivity index (χ2n) is 7.15. The number of carbonyl (C=O) groups excluding carboxylic acids is 1. The molecule has 0 spiro atoms. The molecular formula is C16H32N2O. The standard InChI is InChI=1S/C16H32N2O/c1-5-18-15(19)13(11-17)10-12-6-8-14(9-7-12)16(2,3)4/h12-14H,5-11,17H2,1-4H3,(H,18,19). The van der Waals surface area contributed by atoms with Crippen molar-refractivity contribution in [2.45, 2.75) is 59.8 Å². The zero-order chi connectivity index (χ0) is 14.5. The normalized spacial score (nSPS) is 25.9. The van der Waals surface area contributed by atoms with Crippen molar-refractivity contribution in [3.63, 3.8) is 0 Å². The van der Waals surface area contributed by atoms with Gasteiger partial charge in [-0.2, -0.15) is 0 Å². The smallest absolute Gasteiger partial charge is 0.224 e. The van der Waals surface area contributed by atoms with Crippen molar-refractivity contribution in [3.05, 3.63) is 0 Å². The maximum atomic E-state index is 11.9. The highest BCUT2D eigenvalue weighted by Crippen LogP contribution is 2.41. The molecule has 3 nitrogen and oxygen atoms in total. The Bertz CT molecular complexity index is 275. The predicted molar refractivity (Wildman–Crippen MR) is 80.7 cm³/mol. The van der Waals surface area contributed by atoms with E-state index in [1.165, 1.54) is 25.7 Å². The molecule has 112 valence electrons. The van der Waals surface area contributed by atoms with Crippen molar-refractivity contribution in [2.24, 2.45) is 28.9 Å². The SMILES string of the molecule is CCNC(=O)C(CN)CC1CCC(C(C)(C)C)CC1. The molecule has 0 aliphatic heterocycles. The second kappa shape index (κ2) is 7.28. The van der Waals surface area contributed by atoms with Crippen LogP contribution in [0.1, 0.15) is 59.8 Å². The minimum Gasteiger partial charge on any atom is -0.356 e. The lowest BCUT2D eigenvalue weighted by molar-refractivity contribution is -0.125. The molecule has 1 amide bonds. The van der Waals surface area contributed by atoms with Gasteiger partial charge >= 0.3 is 0 Å². The van der Waals surface area contributed by atoms with Crippen molar-refractivity contribution >= 4 is 5.91 Å². The van der Waals surface area contributed by atoms with Crippen molar-refractivity contribution < 1.29 is 4.79 Å². The first-order valence-corrected chi connectivity index (χ1v) is 7.86. The lowest BCUT2D eigenvalue weighted by atomic mass is 9.68. The molecule has 1 fully saturated rings. The molecule has 1 saturated carbocycles. The van der Waals surface area contributed by atoms with Crippen LogP contribution in [0.3, 0.4) is 0 Å². The maximum Gasteiger partial charge on any atom is 0.224 e. The monoisotopic (exact) mass is 268 g/mol. The largest absolute Gasteiger partial charge is 0.356 e. The highest BCUT2D eigenvalue weighted by Gasteiger charge is 2.31. The van der Waals surface area contributed by atoms with Crippen LogP contribution in [0.4, 0.5) is 0 Å². The van der Waals surface area contributed by atoms with Gasteiger partial charge in [-0.05, 0) is 43.4 Å². The van der Waals surface area contributed by atoms with Gasteiger partial charge in [0.15, 0.2) is 0 Å². The van der Waals surface area contributed by atoms with Crippen LogP contribution in [0.2, 0.25) is 0 Å². The number of hydrogen-bond donors (Lipinski definition) is 2. The van der Waals surface area contributed by atoms with Crippen LogP contribution in [0.25, 0.3) is 0 Å². The molecule has 0 bridgehead atoms. The van der Waals surface area contributed by atoms with Gasteiger partial charge in [0.1, 0.15) is 0 Å². The maximum absolute atomic E-state index is 11.9. The van der Waals surface area contributed by atoms with E-state index < -0.39 is 0 Å². The molecule has 1 aliphatic carbocycles. The quantitative estimate of drug-likeness (QED) is 0.805. The van der Waals surface area contributed by atoms with E-state index in [1.807, 2.05) is 6.92 Å². The fourth-order valence-corrected chi connectivity index (χ4v) is 3.30. The third kappa shape index (κ3) is 5.13. The van der Waals surface area contributed by atoms with Gasteiger partial charge < -0.3 is 11.1 Å². The summed E-state index contributed by atoms with van der Waals surface area (Å²) in [6, 6.07) is 0. The Balaban J connectivity index is 2.41. The van der Waals surface area contributed by atoms with Crippen LogP contribution >= 0.6 is 0 Å². The minimum atomic E-state index is 0.0103. The van der Waals surface area contributed by atoms with Crippen LogP contribution < -0.4 is 11.1 Å². The van der Waals surface area contributed by atoms with E-state index in [0.717, 1.165) is 12.3 Å². The van der Waals surface area contributed by atoms with Crippen LogP contribution in [-0.4, -0.2) is 19.0 Å². The van der Waals surface area contributed by atoms with Crippen LogP contribution in [-0.2, 0) is 4.79 Å². The van der Waals surface area contributed by atoms with Gasteiger partial charge in [-0.15, -0.1) is 0 Å². The van der Waals surface area contributed by atoms with Gasteiger partial charge in [-0.1, -0.05) is 33.6 Å². The van der Waals surface area contributed by atoms with E-state index in [9.17, 15) is 4.79 Å². The molecule has 3 N–H and O–H groups in total. The molecule has 0 saturated heterocycles. The summed E-state index contributed by atoms with van der Waals surface area (Å²) in [4.78, 5) is 11.9. The Labute approximate surface area is 118 Å². The highest BCUT2D eigenvalue weighted by atomic mass is 16.1. The number of hydrogen-bond acceptors (Lipinski definition) is 2. The van der Waals surface area contributed by atoms with Gasteiger partial charge in [0.25, 0.3) is 0 Å². The molecular weight excluding hydrogens is 236 g/mol. The molecule has 1 atom stereocenters. The lowest BCUT2D eigenvalue weighted by Gasteiger charge is -2.37. The Morgan fingerprint density at radius 3 is 2.26 bits per heavy atom. The van der Waals surface area contributed by atoms with Gasteiger partial charge in [0.2, 0.25) is 5.91 Å². The van der Waals surface area contributed by atoms with Crippen LogP contribution in [0.15, 0.2) is 0 Å². The Hall–Kier alpha value is -0.570. The first-order valence-electron chi connectivity index (χ1n) is 7.86. The first kappa shape index (κ1) is 16.5. The second-order valence-corrected chi connectivity index (χ2v) is 7.15. The van der Waals surface area contributed by atoms with E-state index in [1.54, 1.807) is 0 Å². The summed E-state index contributed by atoms with van der Waals surface area (Å²) < 4.78 is 0. The Kier molecular flexibility index (Phi) is 6.31. The van der Waals surface area contributed by atoms with Crippen molar-refractivity contribution in [1.82, 2.24) is 5.32 Å². The molecule has 0 heterocycles. The summed E-state index contributed by atoms with van der Waals surface area (Å²) in [5.74, 6) is 1.68. The van der Waals surface area contributed by atoms with Gasteiger partial charge in [-0.3, -0.25) is 4.79 Å². The first-order chi connectivity index (χ1) is 8.88. The van der Waals surface area contributed by atoms with Crippen LogP contribution in [0.5, 0.6) is 0 Å². The zero-order valence-electron chi connectivity index (χ0n) is 13.2. The molecule has 0 aromatic heterocycles. The summed E-state index contributed by atoms with van der Waals surface area (Å²) in [6.07, 6.45) is 6.11. The number of carbonyl (C=O) groups is 1. The van der Waals surface area contributed by atoms with Crippen molar-refractivity contribution in [2.75, 3.05) is 13.1 Å². The molecule has 0 aromatic carbocycles. The molecule has 3 heteroatoms. The fraction of sp³-hybridized carbons (Fsp3) is 0.938.